The summed E-state index contributed by atoms with van der Waals surface area (Å²) in [7, 11) is 0. The maximum atomic E-state index is 11.0. The van der Waals surface area contributed by atoms with Gasteiger partial charge in [0.2, 0.25) is 0 Å². The van der Waals surface area contributed by atoms with Crippen LogP contribution in [0.5, 0.6) is 0 Å². The minimum absolute atomic E-state index is 0.250. The molecule has 254 valence electrons. The Morgan fingerprint density at radius 1 is 0.488 bits per heavy atom. The first-order chi connectivity index (χ1) is 17.9. The van der Waals surface area contributed by atoms with E-state index in [4.69, 9.17) is 0 Å². The predicted molar refractivity (Wildman–Crippen MR) is 93.6 cm³/mol. The number of ether oxygens (including phenoxy) is 3. The van der Waals surface area contributed by atoms with E-state index in [-0.39, 0.29) is 6.33 Å². The molecule has 3 nitrogen and oxygen atoms in total. The number of hydrogen-bond donors (Lipinski definition) is 0. The zero-order chi connectivity index (χ0) is 34.8. The molecule has 0 aliphatic rings. The summed E-state index contributed by atoms with van der Waals surface area (Å²) in [5.41, 5.74) is 0. The minimum atomic E-state index is -5.21. The van der Waals surface area contributed by atoms with Crippen molar-refractivity contribution in [3.8, 4) is 0 Å². The van der Waals surface area contributed by atoms with E-state index in [9.17, 15) is 96.6 Å². The standard InChI is InChI=1S/C4H7FO.2C3H2F6O.2C2H2F4.C2H3F/c1-2-3-6-4-5;2*4-2(5,6)1-10-3(7,8)9;2*3-1-2(4,5)6;1-2-3/h2H,1,3-4H2;2*1H2;2*1H2;2H,1H2. The molecule has 0 spiro atoms. The topological polar surface area (TPSA) is 27.7 Å². The number of alkyl halides is 21. The summed E-state index contributed by atoms with van der Waals surface area (Å²) in [6, 6.07) is 0. The van der Waals surface area contributed by atoms with Crippen LogP contribution in [0, 0.1) is 0 Å². The lowest BCUT2D eigenvalue weighted by Gasteiger charge is -2.08. The van der Waals surface area contributed by atoms with Gasteiger partial charge < -0.3 is 4.74 Å². The Morgan fingerprint density at radius 3 is 0.756 bits per heavy atom. The third kappa shape index (κ3) is 112. The largest absolute Gasteiger partial charge is 0.522 e. The maximum Gasteiger partial charge on any atom is 0.522 e. The van der Waals surface area contributed by atoms with Gasteiger partial charge in [0.05, 0.1) is 12.9 Å². The van der Waals surface area contributed by atoms with E-state index in [1.807, 2.05) is 0 Å². The van der Waals surface area contributed by atoms with Crippen LogP contribution < -0.4 is 0 Å². The van der Waals surface area contributed by atoms with Crippen LogP contribution in [-0.4, -0.2) is 77.5 Å². The molecule has 0 aliphatic carbocycles. The summed E-state index contributed by atoms with van der Waals surface area (Å²) in [4.78, 5) is 0. The molecule has 0 heterocycles. The van der Waals surface area contributed by atoms with Gasteiger partial charge in [-0.25, -0.2) is 17.6 Å². The van der Waals surface area contributed by atoms with Crippen LogP contribution in [-0.2, 0) is 14.2 Å². The number of hydrogen-bond acceptors (Lipinski definition) is 3. The van der Waals surface area contributed by atoms with Crippen molar-refractivity contribution in [2.75, 3.05) is 40.0 Å². The Hall–Kier alpha value is -2.18. The normalized spacial score (nSPS) is 11.8. The molecule has 25 heteroatoms. The zero-order valence-electron chi connectivity index (χ0n) is 19.4. The van der Waals surface area contributed by atoms with Crippen molar-refractivity contribution in [3.63, 3.8) is 0 Å². The molecule has 0 saturated carbocycles. The van der Waals surface area contributed by atoms with Crippen molar-refractivity contribution in [2.24, 2.45) is 0 Å². The van der Waals surface area contributed by atoms with E-state index >= 15 is 0 Å². The van der Waals surface area contributed by atoms with Crippen molar-refractivity contribution in [1.82, 2.24) is 0 Å². The highest BCUT2D eigenvalue weighted by atomic mass is 19.4. The van der Waals surface area contributed by atoms with Crippen LogP contribution >= 0.6 is 0 Å². The molecule has 0 fully saturated rings. The Balaban J connectivity index is -0.0000000929. The molecule has 0 bridgehead atoms. The van der Waals surface area contributed by atoms with Crippen LogP contribution in [0.4, 0.5) is 96.6 Å². The molecule has 0 rings (SSSR count). The second kappa shape index (κ2) is 25.5. The fraction of sp³-hybridized carbons (Fsp3) is 0.750. The molecule has 0 aromatic rings. The van der Waals surface area contributed by atoms with Crippen LogP contribution in [0.15, 0.2) is 25.6 Å². The number of halogens is 22. The molecule has 0 N–H and O–H groups in total. The van der Waals surface area contributed by atoms with Gasteiger partial charge in [0, 0.05) is 0 Å². The first-order valence-corrected chi connectivity index (χ1v) is 8.62. The van der Waals surface area contributed by atoms with Gasteiger partial charge in [-0.15, -0.1) is 32.9 Å². The lowest BCUT2D eigenvalue weighted by atomic mass is 10.7. The first-order valence-electron chi connectivity index (χ1n) is 8.62. The van der Waals surface area contributed by atoms with Gasteiger partial charge in [0.25, 0.3) is 0 Å². The van der Waals surface area contributed by atoms with E-state index in [1.165, 1.54) is 6.08 Å². The van der Waals surface area contributed by atoms with Gasteiger partial charge in [-0.2, -0.15) is 52.7 Å². The highest BCUT2D eigenvalue weighted by Crippen LogP contribution is 2.23. The maximum absolute atomic E-state index is 11.0. The summed E-state index contributed by atoms with van der Waals surface area (Å²) in [5, 5.41) is 0. The van der Waals surface area contributed by atoms with Gasteiger partial charge >= 0.3 is 37.4 Å². The van der Waals surface area contributed by atoms with Gasteiger partial charge in [-0.1, -0.05) is 12.7 Å². The van der Waals surface area contributed by atoms with Crippen LogP contribution in [0.2, 0.25) is 0 Å². The van der Waals surface area contributed by atoms with E-state index in [0.29, 0.717) is 6.61 Å². The van der Waals surface area contributed by atoms with Crippen LogP contribution in [0.3, 0.4) is 0 Å². The SMILES string of the molecule is C=CCOCF.C=CF.FC(F)(F)COC(F)(F)F.FC(F)(F)COC(F)(F)F.FCC(F)(F)F.FCC(F)(F)F. The van der Waals surface area contributed by atoms with Gasteiger partial charge in [0.1, 0.15) is 0 Å². The Morgan fingerprint density at radius 2 is 0.707 bits per heavy atom. The molecule has 0 unspecified atom stereocenters. The molecule has 0 radical (unpaired) electrons. The molecule has 0 saturated heterocycles. The lowest BCUT2D eigenvalue weighted by Crippen LogP contribution is -2.24. The molecule has 0 aromatic carbocycles. The minimum Gasteiger partial charge on any atom is -0.346 e. The van der Waals surface area contributed by atoms with Gasteiger partial charge in [-0.05, 0) is 0 Å². The summed E-state index contributed by atoms with van der Waals surface area (Å²) >= 11 is 0. The second-order valence-electron chi connectivity index (χ2n) is 5.12. The average Bonchev–Trinajstić information content (AvgIpc) is 2.74. The van der Waals surface area contributed by atoms with Crippen LogP contribution in [0.1, 0.15) is 0 Å². The van der Waals surface area contributed by atoms with E-state index in [2.05, 4.69) is 27.4 Å². The molecule has 0 aromatic heterocycles. The fourth-order valence-corrected chi connectivity index (χ4v) is 0.455. The van der Waals surface area contributed by atoms with Crippen molar-refractivity contribution in [1.29, 1.82) is 0 Å². The molecule has 0 atom stereocenters. The van der Waals surface area contributed by atoms with E-state index < -0.39 is 70.9 Å². The highest BCUT2D eigenvalue weighted by Gasteiger charge is 2.38. The first kappa shape index (κ1) is 51.5. The van der Waals surface area contributed by atoms with Crippen molar-refractivity contribution < 1.29 is 111 Å². The van der Waals surface area contributed by atoms with Crippen molar-refractivity contribution in [3.05, 3.63) is 25.6 Å². The highest BCUT2D eigenvalue weighted by molar-refractivity contribution is 4.62. The zero-order valence-corrected chi connectivity index (χ0v) is 19.4. The summed E-state index contributed by atoms with van der Waals surface area (Å²) in [6.45, 7) is -3.46. The fourth-order valence-electron chi connectivity index (χ4n) is 0.455. The van der Waals surface area contributed by atoms with Gasteiger partial charge in [0.15, 0.2) is 33.4 Å². The lowest BCUT2D eigenvalue weighted by molar-refractivity contribution is -0.352. The summed E-state index contributed by atoms with van der Waals surface area (Å²) in [5.74, 6) is 0. The van der Waals surface area contributed by atoms with Crippen molar-refractivity contribution >= 4 is 0 Å². The number of rotatable bonds is 5. The molecular formula is C16H18F22O3. The average molecular weight is 676 g/mol. The Labute approximate surface area is 215 Å². The Kier molecular flexibility index (Phi) is 32.1. The molecular weight excluding hydrogens is 658 g/mol. The third-order valence-electron chi connectivity index (χ3n) is 1.41. The summed E-state index contributed by atoms with van der Waals surface area (Å²) in [6.07, 6.45) is -27.8. The van der Waals surface area contributed by atoms with Gasteiger partial charge in [-0.3, -0.25) is 9.47 Å². The molecule has 0 aliphatic heterocycles. The summed E-state index contributed by atoms with van der Waals surface area (Å²) < 4.78 is 244. The molecule has 0 amide bonds. The second-order valence-corrected chi connectivity index (χ2v) is 5.12. The van der Waals surface area contributed by atoms with E-state index in [1.54, 1.807) is 0 Å². The quantitative estimate of drug-likeness (QED) is 0.165. The monoisotopic (exact) mass is 676 g/mol. The smallest absolute Gasteiger partial charge is 0.346 e. The molecule has 41 heavy (non-hydrogen) atoms. The third-order valence-corrected chi connectivity index (χ3v) is 1.41. The Bertz CT molecular complexity index is 500. The van der Waals surface area contributed by atoms with E-state index in [0.717, 1.165) is 0 Å². The van der Waals surface area contributed by atoms with Crippen molar-refractivity contribution in [2.45, 2.75) is 37.4 Å². The predicted octanol–water partition coefficient (Wildman–Crippen LogP) is 9.42. The van der Waals surface area contributed by atoms with Crippen LogP contribution in [0.25, 0.3) is 0 Å².